The molecule has 0 saturated heterocycles. The summed E-state index contributed by atoms with van der Waals surface area (Å²) in [7, 11) is 3.11. The first-order chi connectivity index (χ1) is 11.6. The molecule has 0 heterocycles. The predicted molar refractivity (Wildman–Crippen MR) is 89.5 cm³/mol. The summed E-state index contributed by atoms with van der Waals surface area (Å²) in [4.78, 5) is 11.8. The summed E-state index contributed by atoms with van der Waals surface area (Å²) >= 11 is 0. The first kappa shape index (κ1) is 17.6. The highest BCUT2D eigenvalue weighted by Gasteiger charge is 2.11. The molecule has 0 saturated carbocycles. The van der Waals surface area contributed by atoms with E-state index in [0.717, 1.165) is 0 Å². The summed E-state index contributed by atoms with van der Waals surface area (Å²) in [6.07, 6.45) is -0.800. The smallest absolute Gasteiger partial charge is 0.258 e. The van der Waals surface area contributed by atoms with Gasteiger partial charge >= 0.3 is 0 Å². The van der Waals surface area contributed by atoms with Crippen molar-refractivity contribution >= 4 is 5.91 Å². The second kappa shape index (κ2) is 8.79. The lowest BCUT2D eigenvalue weighted by Crippen LogP contribution is -2.32. The Balaban J connectivity index is 1.79. The molecule has 1 unspecified atom stereocenters. The van der Waals surface area contributed by atoms with Crippen LogP contribution in [0.15, 0.2) is 48.5 Å². The number of amides is 1. The molecule has 0 bridgehead atoms. The third kappa shape index (κ3) is 4.89. The van der Waals surface area contributed by atoms with Crippen LogP contribution in [0.25, 0.3) is 0 Å². The molecule has 2 rings (SSSR count). The minimum Gasteiger partial charge on any atom is -0.497 e. The first-order valence-electron chi connectivity index (χ1n) is 7.48. The van der Waals surface area contributed by atoms with E-state index >= 15 is 0 Å². The maximum Gasteiger partial charge on any atom is 0.258 e. The Kier molecular flexibility index (Phi) is 6.45. The van der Waals surface area contributed by atoms with Gasteiger partial charge in [-0.15, -0.1) is 0 Å². The van der Waals surface area contributed by atoms with Gasteiger partial charge in [0, 0.05) is 6.54 Å². The quantitative estimate of drug-likeness (QED) is 0.773. The average Bonchev–Trinajstić information content (AvgIpc) is 2.64. The molecule has 0 fully saturated rings. The van der Waals surface area contributed by atoms with Crippen molar-refractivity contribution in [3.8, 4) is 17.2 Å². The summed E-state index contributed by atoms with van der Waals surface area (Å²) in [6.45, 7) is -0.0594. The molecule has 6 heteroatoms. The molecule has 0 aliphatic heterocycles. The SMILES string of the molecule is COc1ccc(C(O)CNC(=O)COc2ccccc2OC)cc1. The largest absolute Gasteiger partial charge is 0.497 e. The van der Waals surface area contributed by atoms with Gasteiger partial charge in [-0.05, 0) is 29.8 Å². The number of hydrogen-bond donors (Lipinski definition) is 2. The lowest BCUT2D eigenvalue weighted by atomic mass is 10.1. The lowest BCUT2D eigenvalue weighted by molar-refractivity contribution is -0.123. The fraction of sp³-hybridized carbons (Fsp3) is 0.278. The Labute approximate surface area is 141 Å². The van der Waals surface area contributed by atoms with Crippen LogP contribution in [0.5, 0.6) is 17.2 Å². The summed E-state index contributed by atoms with van der Waals surface area (Å²) in [6, 6.07) is 14.1. The number of carbonyl (C=O) groups excluding carboxylic acids is 1. The fourth-order valence-electron chi connectivity index (χ4n) is 2.09. The third-order valence-corrected chi connectivity index (χ3v) is 3.42. The highest BCUT2D eigenvalue weighted by molar-refractivity contribution is 5.77. The van der Waals surface area contributed by atoms with Crippen LogP contribution >= 0.6 is 0 Å². The lowest BCUT2D eigenvalue weighted by Gasteiger charge is -2.14. The van der Waals surface area contributed by atoms with Crippen molar-refractivity contribution in [1.29, 1.82) is 0 Å². The monoisotopic (exact) mass is 331 g/mol. The van der Waals surface area contributed by atoms with Crippen molar-refractivity contribution in [2.24, 2.45) is 0 Å². The minimum absolute atomic E-state index is 0.0977. The summed E-state index contributed by atoms with van der Waals surface area (Å²) in [5.41, 5.74) is 0.696. The van der Waals surface area contributed by atoms with Crippen molar-refractivity contribution in [3.63, 3.8) is 0 Å². The van der Waals surface area contributed by atoms with Crippen LogP contribution in [0.4, 0.5) is 0 Å². The van der Waals surface area contributed by atoms with Gasteiger partial charge in [0.15, 0.2) is 18.1 Å². The number of nitrogens with one attached hydrogen (secondary N) is 1. The van der Waals surface area contributed by atoms with E-state index in [4.69, 9.17) is 14.2 Å². The number of hydrogen-bond acceptors (Lipinski definition) is 5. The van der Waals surface area contributed by atoms with Gasteiger partial charge in [0.25, 0.3) is 5.91 Å². The molecule has 1 atom stereocenters. The van der Waals surface area contributed by atoms with Crippen LogP contribution < -0.4 is 19.5 Å². The van der Waals surface area contributed by atoms with E-state index in [2.05, 4.69) is 5.32 Å². The number of carbonyl (C=O) groups is 1. The zero-order valence-corrected chi connectivity index (χ0v) is 13.7. The maximum atomic E-state index is 11.8. The number of aliphatic hydroxyl groups is 1. The number of aliphatic hydroxyl groups excluding tert-OH is 1. The molecular formula is C18H21NO5. The van der Waals surface area contributed by atoms with E-state index in [1.807, 2.05) is 6.07 Å². The molecular weight excluding hydrogens is 310 g/mol. The normalized spacial score (nSPS) is 11.5. The number of methoxy groups -OCH3 is 2. The van der Waals surface area contributed by atoms with E-state index in [9.17, 15) is 9.90 Å². The van der Waals surface area contributed by atoms with Gasteiger partial charge in [-0.3, -0.25) is 4.79 Å². The molecule has 24 heavy (non-hydrogen) atoms. The van der Waals surface area contributed by atoms with E-state index in [0.29, 0.717) is 22.8 Å². The van der Waals surface area contributed by atoms with Crippen molar-refractivity contribution in [3.05, 3.63) is 54.1 Å². The molecule has 128 valence electrons. The maximum absolute atomic E-state index is 11.8. The van der Waals surface area contributed by atoms with Gasteiger partial charge in [-0.1, -0.05) is 24.3 Å². The van der Waals surface area contributed by atoms with Gasteiger partial charge in [-0.2, -0.15) is 0 Å². The average molecular weight is 331 g/mol. The summed E-state index contributed by atoms with van der Waals surface area (Å²) in [5.74, 6) is 1.43. The first-order valence-corrected chi connectivity index (χ1v) is 7.48. The fourth-order valence-corrected chi connectivity index (χ4v) is 2.09. The van der Waals surface area contributed by atoms with Crippen molar-refractivity contribution < 1.29 is 24.1 Å². The standard InChI is InChI=1S/C18H21NO5/c1-22-14-9-7-13(8-10-14)15(20)11-19-18(21)12-24-17-6-4-3-5-16(17)23-2/h3-10,15,20H,11-12H2,1-2H3,(H,19,21). The van der Waals surface area contributed by atoms with E-state index in [1.165, 1.54) is 7.11 Å². The van der Waals surface area contributed by atoms with Crippen LogP contribution in [0.2, 0.25) is 0 Å². The summed E-state index contributed by atoms with van der Waals surface area (Å²) < 4.78 is 15.6. The molecule has 6 nitrogen and oxygen atoms in total. The topological polar surface area (TPSA) is 77.0 Å². The molecule has 0 aliphatic rings. The molecule has 2 aromatic rings. The molecule has 0 spiro atoms. The Morgan fingerprint density at radius 1 is 1.04 bits per heavy atom. The van der Waals surface area contributed by atoms with Crippen molar-refractivity contribution in [2.45, 2.75) is 6.10 Å². The molecule has 2 aromatic carbocycles. The van der Waals surface area contributed by atoms with Crippen LogP contribution in [-0.4, -0.2) is 38.4 Å². The molecule has 2 N–H and O–H groups in total. The van der Waals surface area contributed by atoms with E-state index in [-0.39, 0.29) is 19.1 Å². The van der Waals surface area contributed by atoms with Crippen LogP contribution in [0.1, 0.15) is 11.7 Å². The molecule has 0 aromatic heterocycles. The minimum atomic E-state index is -0.800. The van der Waals surface area contributed by atoms with Crippen molar-refractivity contribution in [1.82, 2.24) is 5.32 Å². The predicted octanol–water partition coefficient (Wildman–Crippen LogP) is 1.93. The number of para-hydroxylation sites is 2. The number of benzene rings is 2. The third-order valence-electron chi connectivity index (χ3n) is 3.42. The highest BCUT2D eigenvalue weighted by Crippen LogP contribution is 2.25. The van der Waals surface area contributed by atoms with Gasteiger partial charge in [0.2, 0.25) is 0 Å². The zero-order valence-electron chi connectivity index (χ0n) is 13.7. The van der Waals surface area contributed by atoms with Gasteiger partial charge < -0.3 is 24.6 Å². The summed E-state index contributed by atoms with van der Waals surface area (Å²) in [5, 5.41) is 12.7. The second-order valence-corrected chi connectivity index (χ2v) is 5.03. The van der Waals surface area contributed by atoms with Gasteiger partial charge in [-0.25, -0.2) is 0 Å². The van der Waals surface area contributed by atoms with Crippen LogP contribution in [-0.2, 0) is 4.79 Å². The Hall–Kier alpha value is -2.73. The molecule has 0 radical (unpaired) electrons. The highest BCUT2D eigenvalue weighted by atomic mass is 16.5. The zero-order chi connectivity index (χ0) is 17.4. The van der Waals surface area contributed by atoms with Gasteiger partial charge in [0.1, 0.15) is 5.75 Å². The van der Waals surface area contributed by atoms with E-state index < -0.39 is 6.10 Å². The number of ether oxygens (including phenoxy) is 3. The second-order valence-electron chi connectivity index (χ2n) is 5.03. The van der Waals surface area contributed by atoms with Gasteiger partial charge in [0.05, 0.1) is 20.3 Å². The van der Waals surface area contributed by atoms with Crippen LogP contribution in [0.3, 0.4) is 0 Å². The van der Waals surface area contributed by atoms with Crippen molar-refractivity contribution in [2.75, 3.05) is 27.4 Å². The van der Waals surface area contributed by atoms with E-state index in [1.54, 1.807) is 49.6 Å². The number of rotatable bonds is 8. The molecule has 0 aliphatic carbocycles. The Morgan fingerprint density at radius 3 is 2.33 bits per heavy atom. The molecule has 1 amide bonds. The van der Waals surface area contributed by atoms with Crippen LogP contribution in [0, 0.1) is 0 Å². The Bertz CT molecular complexity index is 657. The Morgan fingerprint density at radius 2 is 1.71 bits per heavy atom.